The normalized spacial score (nSPS) is 19.8. The summed E-state index contributed by atoms with van der Waals surface area (Å²) in [6.07, 6.45) is 3.58. The minimum Gasteiger partial charge on any atom is -0.491 e. The van der Waals surface area contributed by atoms with Crippen LogP contribution in [0.15, 0.2) is 18.2 Å². The zero-order valence-corrected chi connectivity index (χ0v) is 12.7. The zero-order chi connectivity index (χ0) is 14.4. The van der Waals surface area contributed by atoms with E-state index in [-0.39, 0.29) is 0 Å². The summed E-state index contributed by atoms with van der Waals surface area (Å²) in [5.41, 5.74) is 7.89. The molecule has 1 aromatic rings. The Morgan fingerprint density at radius 2 is 2.30 bits per heavy atom. The third-order valence-electron chi connectivity index (χ3n) is 3.83. The van der Waals surface area contributed by atoms with E-state index >= 15 is 0 Å². The Labute approximate surface area is 122 Å². The first-order valence-corrected chi connectivity index (χ1v) is 7.64. The van der Waals surface area contributed by atoms with E-state index in [1.165, 1.54) is 25.9 Å². The van der Waals surface area contributed by atoms with Gasteiger partial charge >= 0.3 is 0 Å². The van der Waals surface area contributed by atoms with E-state index in [9.17, 15) is 0 Å². The summed E-state index contributed by atoms with van der Waals surface area (Å²) in [5, 5.41) is 3.49. The molecule has 1 saturated heterocycles. The molecule has 0 aliphatic carbocycles. The molecule has 112 valence electrons. The van der Waals surface area contributed by atoms with Gasteiger partial charge in [0.1, 0.15) is 5.75 Å². The SMILES string of the molecule is CCCOc1cccc(NCC2CCCN(C)C2)c1N. The van der Waals surface area contributed by atoms with E-state index in [1.54, 1.807) is 0 Å². The first kappa shape index (κ1) is 15.0. The number of rotatable bonds is 6. The number of nitrogens with one attached hydrogen (secondary N) is 1. The highest BCUT2D eigenvalue weighted by Crippen LogP contribution is 2.30. The number of benzene rings is 1. The Kier molecular flexibility index (Phi) is 5.53. The van der Waals surface area contributed by atoms with Crippen LogP contribution in [0.25, 0.3) is 0 Å². The minimum absolute atomic E-state index is 0.702. The lowest BCUT2D eigenvalue weighted by Gasteiger charge is -2.30. The fourth-order valence-electron chi connectivity index (χ4n) is 2.73. The second-order valence-corrected chi connectivity index (χ2v) is 5.72. The molecule has 0 saturated carbocycles. The average Bonchev–Trinajstić information content (AvgIpc) is 2.45. The van der Waals surface area contributed by atoms with Crippen molar-refractivity contribution in [2.24, 2.45) is 5.92 Å². The van der Waals surface area contributed by atoms with Gasteiger partial charge in [-0.05, 0) is 50.9 Å². The molecule has 4 heteroatoms. The van der Waals surface area contributed by atoms with E-state index in [1.807, 2.05) is 18.2 Å². The quantitative estimate of drug-likeness (QED) is 0.785. The maximum atomic E-state index is 6.17. The van der Waals surface area contributed by atoms with Crippen LogP contribution in [0.1, 0.15) is 26.2 Å². The molecule has 4 nitrogen and oxygen atoms in total. The number of hydrogen-bond acceptors (Lipinski definition) is 4. The number of para-hydroxylation sites is 1. The highest BCUT2D eigenvalue weighted by molar-refractivity contribution is 5.72. The first-order valence-electron chi connectivity index (χ1n) is 7.64. The van der Waals surface area contributed by atoms with E-state index in [0.717, 1.165) is 30.1 Å². The van der Waals surface area contributed by atoms with E-state index in [0.29, 0.717) is 12.5 Å². The second kappa shape index (κ2) is 7.39. The van der Waals surface area contributed by atoms with Gasteiger partial charge in [0.2, 0.25) is 0 Å². The standard InChI is InChI=1S/C16H27N3O/c1-3-10-20-15-8-4-7-14(16(15)17)18-11-13-6-5-9-19(2)12-13/h4,7-8,13,18H,3,5-6,9-12,17H2,1-2H3. The Bertz CT molecular complexity index is 422. The lowest BCUT2D eigenvalue weighted by atomic mass is 9.98. The van der Waals surface area contributed by atoms with E-state index in [2.05, 4.69) is 24.2 Å². The van der Waals surface area contributed by atoms with Crippen molar-refractivity contribution >= 4 is 11.4 Å². The molecule has 1 fully saturated rings. The number of nitrogen functional groups attached to an aromatic ring is 1. The summed E-state index contributed by atoms with van der Waals surface area (Å²) in [4.78, 5) is 2.40. The van der Waals surface area contributed by atoms with Crippen molar-refractivity contribution < 1.29 is 4.74 Å². The number of nitrogens with zero attached hydrogens (tertiary/aromatic N) is 1. The van der Waals surface area contributed by atoms with Gasteiger partial charge in [0.05, 0.1) is 18.0 Å². The molecule has 1 atom stereocenters. The Balaban J connectivity index is 1.91. The van der Waals surface area contributed by atoms with Crippen LogP contribution in [0.5, 0.6) is 5.75 Å². The number of piperidine rings is 1. The van der Waals surface area contributed by atoms with E-state index < -0.39 is 0 Å². The molecule has 1 aliphatic heterocycles. The Hall–Kier alpha value is -1.42. The molecular weight excluding hydrogens is 250 g/mol. The average molecular weight is 277 g/mol. The zero-order valence-electron chi connectivity index (χ0n) is 12.7. The van der Waals surface area contributed by atoms with Gasteiger partial charge in [0.15, 0.2) is 0 Å². The van der Waals surface area contributed by atoms with Crippen LogP contribution in [0.2, 0.25) is 0 Å². The smallest absolute Gasteiger partial charge is 0.144 e. The van der Waals surface area contributed by atoms with Crippen LogP contribution in [0.3, 0.4) is 0 Å². The summed E-state index contributed by atoms with van der Waals surface area (Å²) < 4.78 is 5.66. The summed E-state index contributed by atoms with van der Waals surface area (Å²) in [7, 11) is 2.19. The number of hydrogen-bond donors (Lipinski definition) is 2. The third-order valence-corrected chi connectivity index (χ3v) is 3.83. The fraction of sp³-hybridized carbons (Fsp3) is 0.625. The van der Waals surface area contributed by atoms with Gasteiger partial charge in [-0.25, -0.2) is 0 Å². The lowest BCUT2D eigenvalue weighted by molar-refractivity contribution is 0.217. The van der Waals surface area contributed by atoms with Crippen molar-refractivity contribution in [3.63, 3.8) is 0 Å². The van der Waals surface area contributed by atoms with Crippen LogP contribution in [-0.2, 0) is 0 Å². The molecule has 0 radical (unpaired) electrons. The fourth-order valence-corrected chi connectivity index (χ4v) is 2.73. The van der Waals surface area contributed by atoms with Crippen LogP contribution in [-0.4, -0.2) is 38.2 Å². The third kappa shape index (κ3) is 4.04. The van der Waals surface area contributed by atoms with Gasteiger partial charge in [-0.2, -0.15) is 0 Å². The maximum Gasteiger partial charge on any atom is 0.144 e. The summed E-state index contributed by atoms with van der Waals surface area (Å²) >= 11 is 0. The monoisotopic (exact) mass is 277 g/mol. The van der Waals surface area contributed by atoms with Crippen molar-refractivity contribution in [2.75, 3.05) is 44.3 Å². The second-order valence-electron chi connectivity index (χ2n) is 5.72. The van der Waals surface area contributed by atoms with E-state index in [4.69, 9.17) is 10.5 Å². The molecule has 3 N–H and O–H groups in total. The maximum absolute atomic E-state index is 6.17. The number of anilines is 2. The number of likely N-dealkylation sites (tertiary alicyclic amines) is 1. The molecule has 1 unspecified atom stereocenters. The molecule has 0 spiro atoms. The molecule has 1 aliphatic rings. The van der Waals surface area contributed by atoms with Crippen molar-refractivity contribution in [1.82, 2.24) is 4.90 Å². The number of nitrogens with two attached hydrogens (primary N) is 1. The van der Waals surface area contributed by atoms with Crippen LogP contribution < -0.4 is 15.8 Å². The molecule has 1 heterocycles. The van der Waals surface area contributed by atoms with Crippen LogP contribution >= 0.6 is 0 Å². The Morgan fingerprint density at radius 1 is 1.45 bits per heavy atom. The highest BCUT2D eigenvalue weighted by Gasteiger charge is 2.17. The largest absolute Gasteiger partial charge is 0.491 e. The summed E-state index contributed by atoms with van der Waals surface area (Å²) in [6, 6.07) is 5.96. The summed E-state index contributed by atoms with van der Waals surface area (Å²) in [5.74, 6) is 1.49. The van der Waals surface area contributed by atoms with Gasteiger partial charge in [0.25, 0.3) is 0 Å². The van der Waals surface area contributed by atoms with Gasteiger partial charge < -0.3 is 20.7 Å². The molecule has 0 aromatic heterocycles. The minimum atomic E-state index is 0.702. The molecule has 2 rings (SSSR count). The van der Waals surface area contributed by atoms with Crippen molar-refractivity contribution in [3.8, 4) is 5.75 Å². The Morgan fingerprint density at radius 3 is 3.05 bits per heavy atom. The molecular formula is C16H27N3O. The highest BCUT2D eigenvalue weighted by atomic mass is 16.5. The molecule has 0 bridgehead atoms. The van der Waals surface area contributed by atoms with Crippen LogP contribution in [0.4, 0.5) is 11.4 Å². The van der Waals surface area contributed by atoms with Gasteiger partial charge in [-0.15, -0.1) is 0 Å². The van der Waals surface area contributed by atoms with Crippen LogP contribution in [0, 0.1) is 5.92 Å². The predicted octanol–water partition coefficient (Wildman–Crippen LogP) is 2.81. The molecule has 1 aromatic carbocycles. The predicted molar refractivity (Wildman–Crippen MR) is 85.4 cm³/mol. The summed E-state index contributed by atoms with van der Waals surface area (Å²) in [6.45, 7) is 6.17. The van der Waals surface area contributed by atoms with Gasteiger partial charge in [-0.3, -0.25) is 0 Å². The van der Waals surface area contributed by atoms with Gasteiger partial charge in [0, 0.05) is 13.1 Å². The first-order chi connectivity index (χ1) is 9.70. The van der Waals surface area contributed by atoms with Crippen molar-refractivity contribution in [1.29, 1.82) is 0 Å². The van der Waals surface area contributed by atoms with Gasteiger partial charge in [-0.1, -0.05) is 13.0 Å². The number of ether oxygens (including phenoxy) is 1. The van der Waals surface area contributed by atoms with Crippen molar-refractivity contribution in [2.45, 2.75) is 26.2 Å². The molecule has 20 heavy (non-hydrogen) atoms. The lowest BCUT2D eigenvalue weighted by Crippen LogP contribution is -2.35. The molecule has 0 amide bonds. The van der Waals surface area contributed by atoms with Crippen molar-refractivity contribution in [3.05, 3.63) is 18.2 Å². The topological polar surface area (TPSA) is 50.5 Å².